The fourth-order valence-corrected chi connectivity index (χ4v) is 2.82. The van der Waals surface area contributed by atoms with E-state index in [4.69, 9.17) is 0 Å². The average Bonchev–Trinajstić information content (AvgIpc) is 2.64. The number of H-pyrrole nitrogens is 1. The average molecular weight is 253 g/mol. The topological polar surface area (TPSA) is 15.8 Å². The molecule has 0 fully saturated rings. The molecular formula is C14H14F3N. The Bertz CT molecular complexity index is 601. The van der Waals surface area contributed by atoms with Crippen molar-refractivity contribution in [1.29, 1.82) is 0 Å². The van der Waals surface area contributed by atoms with E-state index in [1.54, 1.807) is 0 Å². The van der Waals surface area contributed by atoms with Gasteiger partial charge in [0.25, 0.3) is 0 Å². The van der Waals surface area contributed by atoms with E-state index >= 15 is 0 Å². The summed E-state index contributed by atoms with van der Waals surface area (Å²) in [5, 5.41) is 0.241. The molecule has 0 saturated heterocycles. The number of aromatic amines is 1. The van der Waals surface area contributed by atoms with Crippen molar-refractivity contribution >= 4 is 10.9 Å². The Morgan fingerprint density at radius 2 is 1.61 bits per heavy atom. The van der Waals surface area contributed by atoms with Gasteiger partial charge in [-0.05, 0) is 31.2 Å². The van der Waals surface area contributed by atoms with Gasteiger partial charge >= 0.3 is 0 Å². The lowest BCUT2D eigenvalue weighted by molar-refractivity contribution is 0.453. The van der Waals surface area contributed by atoms with Gasteiger partial charge in [0.15, 0.2) is 17.5 Å². The minimum absolute atomic E-state index is 0.241. The molecule has 0 radical (unpaired) electrons. The largest absolute Gasteiger partial charge is 0.358 e. The fourth-order valence-electron chi connectivity index (χ4n) is 2.82. The smallest absolute Gasteiger partial charge is 0.195 e. The number of hydrogen-bond acceptors (Lipinski definition) is 0. The molecule has 2 aromatic rings. The molecule has 1 heterocycles. The molecule has 0 aliphatic heterocycles. The van der Waals surface area contributed by atoms with Crippen molar-refractivity contribution < 1.29 is 13.2 Å². The second-order valence-electron chi connectivity index (χ2n) is 4.91. The first-order chi connectivity index (χ1) is 8.68. The van der Waals surface area contributed by atoms with E-state index in [1.807, 2.05) is 0 Å². The van der Waals surface area contributed by atoms with Crippen LogP contribution in [0.1, 0.15) is 36.9 Å². The van der Waals surface area contributed by atoms with Crippen molar-refractivity contribution in [3.8, 4) is 0 Å². The lowest BCUT2D eigenvalue weighted by Crippen LogP contribution is -1.98. The van der Waals surface area contributed by atoms with Crippen LogP contribution in [0.15, 0.2) is 6.07 Å². The molecule has 1 aromatic carbocycles. The van der Waals surface area contributed by atoms with Crippen LogP contribution in [0, 0.1) is 17.5 Å². The zero-order valence-electron chi connectivity index (χ0n) is 9.95. The SMILES string of the molecule is Fc1cc2[nH]c3c(c2c(F)c1F)CCCCCC3. The monoisotopic (exact) mass is 253 g/mol. The number of nitrogens with one attached hydrogen (secondary N) is 1. The molecular weight excluding hydrogens is 239 g/mol. The molecule has 1 nitrogen and oxygen atoms in total. The molecule has 18 heavy (non-hydrogen) atoms. The summed E-state index contributed by atoms with van der Waals surface area (Å²) in [7, 11) is 0. The van der Waals surface area contributed by atoms with Crippen molar-refractivity contribution in [2.75, 3.05) is 0 Å². The van der Waals surface area contributed by atoms with E-state index in [9.17, 15) is 13.2 Å². The second-order valence-corrected chi connectivity index (χ2v) is 4.91. The Balaban J connectivity index is 2.27. The molecule has 0 saturated carbocycles. The second kappa shape index (κ2) is 4.34. The van der Waals surface area contributed by atoms with Gasteiger partial charge in [-0.15, -0.1) is 0 Å². The van der Waals surface area contributed by atoms with Gasteiger partial charge in [0.2, 0.25) is 0 Å². The number of rotatable bonds is 0. The molecule has 3 rings (SSSR count). The maximum absolute atomic E-state index is 13.9. The molecule has 1 N–H and O–H groups in total. The van der Waals surface area contributed by atoms with Crippen LogP contribution in [0.5, 0.6) is 0 Å². The normalized spacial score (nSPS) is 16.4. The third kappa shape index (κ3) is 1.71. The maximum Gasteiger partial charge on any atom is 0.195 e. The van der Waals surface area contributed by atoms with Crippen LogP contribution in [-0.2, 0) is 12.8 Å². The molecule has 0 bridgehead atoms. The summed E-state index contributed by atoms with van der Waals surface area (Å²) >= 11 is 0. The van der Waals surface area contributed by atoms with Gasteiger partial charge in [0, 0.05) is 17.1 Å². The van der Waals surface area contributed by atoms with Crippen molar-refractivity contribution in [3.05, 3.63) is 34.8 Å². The highest BCUT2D eigenvalue weighted by Gasteiger charge is 2.21. The zero-order valence-corrected chi connectivity index (χ0v) is 9.95. The highest BCUT2D eigenvalue weighted by Crippen LogP contribution is 2.31. The minimum atomic E-state index is -1.37. The molecule has 0 spiro atoms. The summed E-state index contributed by atoms with van der Waals surface area (Å²) in [5.74, 6) is -3.55. The summed E-state index contributed by atoms with van der Waals surface area (Å²) in [5.41, 5.74) is 2.15. The molecule has 1 aliphatic rings. The van der Waals surface area contributed by atoms with Crippen LogP contribution in [0.25, 0.3) is 10.9 Å². The lowest BCUT2D eigenvalue weighted by atomic mass is 9.96. The summed E-state index contributed by atoms with van der Waals surface area (Å²) in [6.07, 6.45) is 5.83. The number of hydrogen-bond donors (Lipinski definition) is 1. The van der Waals surface area contributed by atoms with Crippen LogP contribution in [0.4, 0.5) is 13.2 Å². The van der Waals surface area contributed by atoms with Gasteiger partial charge in [-0.1, -0.05) is 12.8 Å². The van der Waals surface area contributed by atoms with Crippen LogP contribution >= 0.6 is 0 Å². The third-order valence-electron chi connectivity index (χ3n) is 3.72. The first kappa shape index (κ1) is 11.6. The lowest BCUT2D eigenvalue weighted by Gasteiger charge is -2.09. The van der Waals surface area contributed by atoms with E-state index in [1.165, 1.54) is 0 Å². The molecule has 4 heteroatoms. The summed E-state index contributed by atoms with van der Waals surface area (Å²) in [6.45, 7) is 0. The van der Waals surface area contributed by atoms with Gasteiger partial charge < -0.3 is 4.98 Å². The number of aryl methyl sites for hydroxylation is 2. The summed E-state index contributed by atoms with van der Waals surface area (Å²) < 4.78 is 40.4. The number of halogens is 3. The van der Waals surface area contributed by atoms with Gasteiger partial charge in [0.1, 0.15) is 0 Å². The standard InChI is InChI=1S/C14H14F3N/c15-9-7-11-12(14(17)13(9)16)8-5-3-1-2-4-6-10(8)18-11/h7,18H,1-6H2. The van der Waals surface area contributed by atoms with Crippen LogP contribution < -0.4 is 0 Å². The van der Waals surface area contributed by atoms with E-state index in [-0.39, 0.29) is 5.39 Å². The highest BCUT2D eigenvalue weighted by molar-refractivity contribution is 5.85. The van der Waals surface area contributed by atoms with Crippen LogP contribution in [0.3, 0.4) is 0 Å². The zero-order chi connectivity index (χ0) is 12.7. The van der Waals surface area contributed by atoms with Crippen molar-refractivity contribution in [1.82, 2.24) is 4.98 Å². The molecule has 0 atom stereocenters. The number of benzene rings is 1. The Kier molecular flexibility index (Phi) is 2.80. The summed E-state index contributed by atoms with van der Waals surface area (Å²) in [4.78, 5) is 3.05. The van der Waals surface area contributed by atoms with Gasteiger partial charge in [-0.3, -0.25) is 0 Å². The predicted octanol–water partition coefficient (Wildman–Crippen LogP) is 4.24. The predicted molar refractivity (Wildman–Crippen MR) is 64.0 cm³/mol. The van der Waals surface area contributed by atoms with E-state index < -0.39 is 17.5 Å². The van der Waals surface area contributed by atoms with Gasteiger partial charge in [0.05, 0.1) is 5.52 Å². The first-order valence-corrected chi connectivity index (χ1v) is 6.35. The third-order valence-corrected chi connectivity index (χ3v) is 3.72. The highest BCUT2D eigenvalue weighted by atomic mass is 19.2. The Morgan fingerprint density at radius 3 is 2.39 bits per heavy atom. The quantitative estimate of drug-likeness (QED) is 0.676. The van der Waals surface area contributed by atoms with Crippen molar-refractivity contribution in [2.45, 2.75) is 38.5 Å². The molecule has 0 amide bonds. The Labute approximate surface area is 103 Å². The number of fused-ring (bicyclic) bond motifs is 3. The molecule has 1 aromatic heterocycles. The van der Waals surface area contributed by atoms with E-state index in [0.29, 0.717) is 5.52 Å². The van der Waals surface area contributed by atoms with E-state index in [2.05, 4.69) is 4.98 Å². The molecule has 96 valence electrons. The first-order valence-electron chi connectivity index (χ1n) is 6.35. The van der Waals surface area contributed by atoms with Crippen molar-refractivity contribution in [2.24, 2.45) is 0 Å². The minimum Gasteiger partial charge on any atom is -0.358 e. The van der Waals surface area contributed by atoms with Gasteiger partial charge in [-0.25, -0.2) is 13.2 Å². The van der Waals surface area contributed by atoms with Gasteiger partial charge in [-0.2, -0.15) is 0 Å². The maximum atomic E-state index is 13.9. The summed E-state index contributed by atoms with van der Waals surface area (Å²) in [6, 6.07) is 1.05. The van der Waals surface area contributed by atoms with Crippen LogP contribution in [-0.4, -0.2) is 4.98 Å². The number of aromatic nitrogens is 1. The fraction of sp³-hybridized carbons (Fsp3) is 0.429. The van der Waals surface area contributed by atoms with Crippen molar-refractivity contribution in [3.63, 3.8) is 0 Å². The van der Waals surface area contributed by atoms with Crippen LogP contribution in [0.2, 0.25) is 0 Å². The Morgan fingerprint density at radius 1 is 0.889 bits per heavy atom. The van der Waals surface area contributed by atoms with E-state index in [0.717, 1.165) is 55.8 Å². The molecule has 1 aliphatic carbocycles. The molecule has 0 unspecified atom stereocenters. The Hall–Kier alpha value is -1.45.